The van der Waals surface area contributed by atoms with Crippen molar-refractivity contribution in [3.63, 3.8) is 0 Å². The number of carbonyl (C=O) groups is 3. The molecule has 1 aromatic carbocycles. The third kappa shape index (κ3) is 3.54. The maximum Gasteiger partial charge on any atom is 0.352 e. The number of carbonyl (C=O) groups excluding carboxylic acids is 2. The average molecular weight is 520 g/mol. The van der Waals surface area contributed by atoms with Crippen LogP contribution in [0.3, 0.4) is 0 Å². The zero-order valence-electron chi connectivity index (χ0n) is 20.3. The Hall–Kier alpha value is -3.19. The van der Waals surface area contributed by atoms with E-state index in [9.17, 15) is 34.8 Å². The van der Waals surface area contributed by atoms with Crippen molar-refractivity contribution in [1.29, 1.82) is 0 Å². The summed E-state index contributed by atoms with van der Waals surface area (Å²) in [4.78, 5) is 37.8. The molecule has 1 saturated heterocycles. The summed E-state index contributed by atoms with van der Waals surface area (Å²) in [7, 11) is 1.96. The summed E-state index contributed by atoms with van der Waals surface area (Å²) in [6.07, 6.45) is -3.80. The molecule has 4 aliphatic rings. The summed E-state index contributed by atoms with van der Waals surface area (Å²) >= 11 is 0. The molecular formula is C25H29NO11. The van der Waals surface area contributed by atoms with Gasteiger partial charge in [-0.3, -0.25) is 0 Å². The van der Waals surface area contributed by atoms with Gasteiger partial charge in [0.2, 0.25) is 0 Å². The van der Waals surface area contributed by atoms with Gasteiger partial charge in [0.1, 0.15) is 5.76 Å². The lowest BCUT2D eigenvalue weighted by molar-refractivity contribution is -0.179. The quantitative estimate of drug-likeness (QED) is 0.300. The van der Waals surface area contributed by atoms with Gasteiger partial charge in [0, 0.05) is 18.0 Å². The normalized spacial score (nSPS) is 32.1. The number of rotatable bonds is 6. The van der Waals surface area contributed by atoms with E-state index in [1.165, 1.54) is 6.92 Å². The fourth-order valence-corrected chi connectivity index (χ4v) is 6.45. The number of hydrogen-bond donors (Lipinski definition) is 5. The van der Waals surface area contributed by atoms with E-state index < -0.39 is 53.3 Å². The van der Waals surface area contributed by atoms with Crippen molar-refractivity contribution < 1.29 is 54.1 Å². The van der Waals surface area contributed by atoms with Crippen LogP contribution >= 0.6 is 0 Å². The number of aliphatic hydroxyl groups is 3. The van der Waals surface area contributed by atoms with Crippen molar-refractivity contribution in [1.82, 2.24) is 4.90 Å². The minimum Gasteiger partial charge on any atom is -0.504 e. The Morgan fingerprint density at radius 1 is 1.19 bits per heavy atom. The molecule has 12 nitrogen and oxygen atoms in total. The number of ether oxygens (including phenoxy) is 3. The first kappa shape index (κ1) is 25.5. The fourth-order valence-electron chi connectivity index (χ4n) is 6.45. The Kier molecular flexibility index (Phi) is 5.98. The van der Waals surface area contributed by atoms with E-state index in [4.69, 9.17) is 19.3 Å². The van der Waals surface area contributed by atoms with E-state index in [2.05, 4.69) is 4.90 Å². The summed E-state index contributed by atoms with van der Waals surface area (Å²) < 4.78 is 16.6. The second-order valence-electron chi connectivity index (χ2n) is 10.2. The van der Waals surface area contributed by atoms with Crippen molar-refractivity contribution in [3.05, 3.63) is 35.1 Å². The van der Waals surface area contributed by atoms with Gasteiger partial charge in [0.15, 0.2) is 35.9 Å². The summed E-state index contributed by atoms with van der Waals surface area (Å²) in [6, 6.07) is 3.14. The number of carboxylic acid groups (broad SMARTS) is 1. The number of nitrogens with zero attached hydrogens (tertiary/aromatic N) is 1. The summed E-state index contributed by atoms with van der Waals surface area (Å²) in [6.45, 7) is 1.91. The van der Waals surface area contributed by atoms with Gasteiger partial charge in [0.25, 0.3) is 0 Å². The summed E-state index contributed by atoms with van der Waals surface area (Å²) in [5.41, 5.74) is -0.589. The Morgan fingerprint density at radius 3 is 2.62 bits per heavy atom. The van der Waals surface area contributed by atoms with Gasteiger partial charge in [-0.05, 0) is 57.5 Å². The van der Waals surface area contributed by atoms with Crippen LogP contribution in [0.5, 0.6) is 11.5 Å². The number of esters is 2. The molecule has 37 heavy (non-hydrogen) atoms. The SMILES string of the molecule is C[C@H](OC(=O)[C@H](O)[C@@H](O)C(=O)O)C(=O)OC1=CC[C@@]2(O)[C@H]3Cc4ccc(O)c5c4[C@@]2(CCCN3C)[C@H]1O5. The van der Waals surface area contributed by atoms with Gasteiger partial charge >= 0.3 is 17.9 Å². The maximum atomic E-state index is 12.9. The maximum absolute atomic E-state index is 12.9. The molecule has 0 unspecified atom stereocenters. The van der Waals surface area contributed by atoms with Crippen molar-refractivity contribution in [2.24, 2.45) is 0 Å². The van der Waals surface area contributed by atoms with Crippen molar-refractivity contribution in [3.8, 4) is 11.5 Å². The van der Waals surface area contributed by atoms with Crippen LogP contribution in [-0.4, -0.2) is 98.0 Å². The van der Waals surface area contributed by atoms with E-state index >= 15 is 0 Å². The van der Waals surface area contributed by atoms with E-state index in [1.54, 1.807) is 12.1 Å². The number of aliphatic carboxylic acids is 1. The molecule has 12 heteroatoms. The number of likely N-dealkylation sites (N-methyl/N-ethyl adjacent to an activating group) is 1. The van der Waals surface area contributed by atoms with Crippen LogP contribution in [0.4, 0.5) is 0 Å². The lowest BCUT2D eigenvalue weighted by Gasteiger charge is -2.56. The Morgan fingerprint density at radius 2 is 1.92 bits per heavy atom. The molecule has 200 valence electrons. The number of benzene rings is 1. The molecule has 1 aromatic rings. The average Bonchev–Trinajstić information content (AvgIpc) is 3.19. The summed E-state index contributed by atoms with van der Waals surface area (Å²) in [5, 5.41) is 50.6. The van der Waals surface area contributed by atoms with Gasteiger partial charge in [0.05, 0.1) is 11.0 Å². The number of likely N-dealkylation sites (tertiary alicyclic amines) is 1. The predicted molar refractivity (Wildman–Crippen MR) is 123 cm³/mol. The number of carboxylic acids is 1. The lowest BCUT2D eigenvalue weighted by atomic mass is 9.52. The second-order valence-corrected chi connectivity index (χ2v) is 10.2. The smallest absolute Gasteiger partial charge is 0.352 e. The van der Waals surface area contributed by atoms with Crippen LogP contribution in [0.15, 0.2) is 24.0 Å². The monoisotopic (exact) mass is 519 g/mol. The molecule has 2 aliphatic carbocycles. The van der Waals surface area contributed by atoms with Crippen molar-refractivity contribution >= 4 is 17.9 Å². The molecule has 1 fully saturated rings. The van der Waals surface area contributed by atoms with Gasteiger partial charge in [-0.1, -0.05) is 6.07 Å². The highest BCUT2D eigenvalue weighted by atomic mass is 16.6. The zero-order chi connectivity index (χ0) is 26.9. The standard InChI is InChI=1S/C25H29NO11/c1-11(35-23(33)18(29)17(28)21(30)31)22(32)36-14-6-8-25(34)15-10-12-4-5-13(27)19-16(12)24(25,20(14)37-19)7-3-9-26(15)2/h4-6,11,15,17-18,20,27-29,34H,3,7-10H2,1-2H3,(H,30,31)/t11-,15+,17+,18+,20-,24-,25+/m0/s1. The van der Waals surface area contributed by atoms with Crippen molar-refractivity contribution in [2.45, 2.75) is 74.1 Å². The predicted octanol–water partition coefficient (Wildman–Crippen LogP) is -0.659. The molecule has 2 aliphatic heterocycles. The number of phenols is 1. The summed E-state index contributed by atoms with van der Waals surface area (Å²) in [5.74, 6) is -4.11. The van der Waals surface area contributed by atoms with Crippen LogP contribution in [-0.2, 0) is 35.7 Å². The van der Waals surface area contributed by atoms with Crippen LogP contribution in [0.2, 0.25) is 0 Å². The van der Waals surface area contributed by atoms with E-state index in [0.29, 0.717) is 12.8 Å². The first-order valence-electron chi connectivity index (χ1n) is 12.1. The van der Waals surface area contributed by atoms with Crippen molar-refractivity contribution in [2.75, 3.05) is 13.6 Å². The van der Waals surface area contributed by atoms with E-state index in [1.807, 2.05) is 13.1 Å². The zero-order valence-corrected chi connectivity index (χ0v) is 20.3. The van der Waals surface area contributed by atoms with Gasteiger partial charge in [-0.25, -0.2) is 14.4 Å². The van der Waals surface area contributed by atoms with Crippen LogP contribution in [0.1, 0.15) is 37.3 Å². The van der Waals surface area contributed by atoms with Crippen LogP contribution < -0.4 is 4.74 Å². The topological polar surface area (TPSA) is 183 Å². The highest BCUT2D eigenvalue weighted by molar-refractivity contribution is 5.86. The minimum atomic E-state index is -2.42. The second kappa shape index (κ2) is 8.69. The molecule has 0 aromatic heterocycles. The molecule has 0 radical (unpaired) electrons. The van der Waals surface area contributed by atoms with E-state index in [-0.39, 0.29) is 29.7 Å². The minimum absolute atomic E-state index is 0.0834. The molecule has 5 N–H and O–H groups in total. The van der Waals surface area contributed by atoms with Gasteiger partial charge in [-0.2, -0.15) is 0 Å². The molecule has 0 saturated carbocycles. The molecule has 2 heterocycles. The third-order valence-electron chi connectivity index (χ3n) is 8.21. The number of phenolic OH excluding ortho intramolecular Hbond substituents is 1. The molecule has 7 atom stereocenters. The first-order chi connectivity index (χ1) is 17.4. The molecule has 0 amide bonds. The highest BCUT2D eigenvalue weighted by Crippen LogP contribution is 2.64. The van der Waals surface area contributed by atoms with Crippen LogP contribution in [0.25, 0.3) is 0 Å². The highest BCUT2D eigenvalue weighted by Gasteiger charge is 2.71. The third-order valence-corrected chi connectivity index (χ3v) is 8.21. The fraction of sp³-hybridized carbons (Fsp3) is 0.560. The number of hydrogen-bond acceptors (Lipinski definition) is 11. The number of aromatic hydroxyl groups is 1. The Labute approximate surface area is 211 Å². The first-order valence-corrected chi connectivity index (χ1v) is 12.1. The molecule has 2 bridgehead atoms. The van der Waals surface area contributed by atoms with Gasteiger partial charge < -0.3 is 44.6 Å². The molecule has 1 spiro atoms. The Balaban J connectivity index is 1.44. The number of aliphatic hydroxyl groups excluding tert-OH is 2. The lowest BCUT2D eigenvalue weighted by Crippen LogP contribution is -2.69. The van der Waals surface area contributed by atoms with Gasteiger partial charge in [-0.15, -0.1) is 0 Å². The Bertz CT molecular complexity index is 1200. The van der Waals surface area contributed by atoms with E-state index in [0.717, 1.165) is 24.1 Å². The molecular weight excluding hydrogens is 490 g/mol. The molecule has 5 rings (SSSR count). The van der Waals surface area contributed by atoms with Crippen LogP contribution in [0, 0.1) is 0 Å². The largest absolute Gasteiger partial charge is 0.504 e.